The number of carbonyl (C=O) groups excluding carboxylic acids is 2. The Morgan fingerprint density at radius 1 is 1.19 bits per heavy atom. The van der Waals surface area contributed by atoms with Crippen molar-refractivity contribution in [2.24, 2.45) is 0 Å². The normalized spacial score (nSPS) is 12.1. The van der Waals surface area contributed by atoms with Crippen molar-refractivity contribution in [3.05, 3.63) is 0 Å². The highest BCUT2D eigenvalue weighted by atomic mass is 16.5. The molecule has 0 bridgehead atoms. The second-order valence-corrected chi connectivity index (χ2v) is 3.78. The van der Waals surface area contributed by atoms with Gasteiger partial charge in [0.05, 0.1) is 6.61 Å². The van der Waals surface area contributed by atoms with Crippen LogP contribution >= 0.6 is 0 Å². The summed E-state index contributed by atoms with van der Waals surface area (Å²) >= 11 is 0. The molecule has 0 rings (SSSR count). The van der Waals surface area contributed by atoms with E-state index in [0.717, 1.165) is 0 Å². The van der Waals surface area contributed by atoms with Crippen molar-refractivity contribution in [2.45, 2.75) is 32.9 Å². The van der Waals surface area contributed by atoms with Crippen LogP contribution in [0, 0.1) is 0 Å². The highest BCUT2D eigenvalue weighted by molar-refractivity contribution is 5.86. The van der Waals surface area contributed by atoms with Crippen LogP contribution in [-0.4, -0.2) is 44.3 Å². The monoisotopic (exact) mass is 231 g/mol. The van der Waals surface area contributed by atoms with E-state index in [-0.39, 0.29) is 18.0 Å². The third-order valence-corrected chi connectivity index (χ3v) is 1.77. The van der Waals surface area contributed by atoms with E-state index in [1.807, 2.05) is 13.8 Å². The molecule has 16 heavy (non-hydrogen) atoms. The van der Waals surface area contributed by atoms with E-state index < -0.39 is 6.04 Å². The maximum absolute atomic E-state index is 11.4. The van der Waals surface area contributed by atoms with Gasteiger partial charge >= 0.3 is 6.03 Å². The molecule has 0 aliphatic heterocycles. The van der Waals surface area contributed by atoms with Gasteiger partial charge in [-0.05, 0) is 20.8 Å². The van der Waals surface area contributed by atoms with Crippen molar-refractivity contribution < 1.29 is 14.3 Å². The van der Waals surface area contributed by atoms with Gasteiger partial charge in [0.1, 0.15) is 6.04 Å². The molecule has 3 amide bonds. The summed E-state index contributed by atoms with van der Waals surface area (Å²) in [5, 5.41) is 7.81. The molecule has 0 aromatic carbocycles. The Balaban J connectivity index is 3.81. The third-order valence-electron chi connectivity index (χ3n) is 1.77. The highest BCUT2D eigenvalue weighted by Gasteiger charge is 2.14. The summed E-state index contributed by atoms with van der Waals surface area (Å²) in [6.45, 7) is 6.22. The van der Waals surface area contributed by atoms with Crippen LogP contribution in [0.25, 0.3) is 0 Å². The number of urea groups is 1. The molecule has 1 atom stereocenters. The molecule has 0 spiro atoms. The first-order valence-corrected chi connectivity index (χ1v) is 5.31. The molecule has 0 heterocycles. The van der Waals surface area contributed by atoms with Crippen molar-refractivity contribution in [1.82, 2.24) is 16.0 Å². The van der Waals surface area contributed by atoms with E-state index in [0.29, 0.717) is 13.2 Å². The molecule has 3 N–H and O–H groups in total. The molecule has 0 saturated carbocycles. The summed E-state index contributed by atoms with van der Waals surface area (Å²) in [5.74, 6) is -0.226. The molecule has 6 nitrogen and oxygen atoms in total. The third kappa shape index (κ3) is 7.05. The maximum Gasteiger partial charge on any atom is 0.315 e. The molecule has 0 saturated heterocycles. The van der Waals surface area contributed by atoms with Crippen LogP contribution in [0.5, 0.6) is 0 Å². The SMILES string of the molecule is COCCNC(=O)C(C)NC(=O)NC(C)C. The fraction of sp³-hybridized carbons (Fsp3) is 0.800. The van der Waals surface area contributed by atoms with Crippen LogP contribution in [0.1, 0.15) is 20.8 Å². The quantitative estimate of drug-likeness (QED) is 0.556. The Labute approximate surface area is 96.1 Å². The molecular weight excluding hydrogens is 210 g/mol. The highest BCUT2D eigenvalue weighted by Crippen LogP contribution is 1.84. The molecule has 94 valence electrons. The standard InChI is InChI=1S/C10H21N3O3/c1-7(2)12-10(15)13-8(3)9(14)11-5-6-16-4/h7-8H,5-6H2,1-4H3,(H,11,14)(H2,12,13,15). The number of amides is 3. The van der Waals surface area contributed by atoms with Crippen molar-refractivity contribution in [3.63, 3.8) is 0 Å². The van der Waals surface area contributed by atoms with Gasteiger partial charge in [-0.3, -0.25) is 4.79 Å². The smallest absolute Gasteiger partial charge is 0.315 e. The topological polar surface area (TPSA) is 79.5 Å². The Morgan fingerprint density at radius 2 is 1.81 bits per heavy atom. The molecule has 0 aliphatic rings. The predicted molar refractivity (Wildman–Crippen MR) is 61.2 cm³/mol. The van der Waals surface area contributed by atoms with Gasteiger partial charge in [0.2, 0.25) is 5.91 Å². The number of nitrogens with one attached hydrogen (secondary N) is 3. The minimum Gasteiger partial charge on any atom is -0.383 e. The molecule has 1 unspecified atom stereocenters. The van der Waals surface area contributed by atoms with Crippen LogP contribution in [-0.2, 0) is 9.53 Å². The van der Waals surface area contributed by atoms with Crippen molar-refractivity contribution in [3.8, 4) is 0 Å². The molecular formula is C10H21N3O3. The lowest BCUT2D eigenvalue weighted by Gasteiger charge is -2.15. The van der Waals surface area contributed by atoms with Gasteiger partial charge in [-0.25, -0.2) is 4.79 Å². The molecule has 0 fully saturated rings. The predicted octanol–water partition coefficient (Wildman–Crippen LogP) is -0.155. The molecule has 6 heteroatoms. The van der Waals surface area contributed by atoms with E-state index in [1.54, 1.807) is 14.0 Å². The summed E-state index contributed by atoms with van der Waals surface area (Å²) in [7, 11) is 1.56. The Hall–Kier alpha value is -1.30. The average molecular weight is 231 g/mol. The Bertz CT molecular complexity index is 231. The zero-order valence-corrected chi connectivity index (χ0v) is 10.3. The van der Waals surface area contributed by atoms with Gasteiger partial charge in [0, 0.05) is 19.7 Å². The molecule has 0 radical (unpaired) electrons. The van der Waals surface area contributed by atoms with Crippen LogP contribution in [0.15, 0.2) is 0 Å². The number of carbonyl (C=O) groups is 2. The van der Waals surface area contributed by atoms with Gasteiger partial charge in [-0.15, -0.1) is 0 Å². The lowest BCUT2D eigenvalue weighted by Crippen LogP contribution is -2.50. The largest absolute Gasteiger partial charge is 0.383 e. The lowest BCUT2D eigenvalue weighted by atomic mass is 10.3. The van der Waals surface area contributed by atoms with Crippen LogP contribution in [0.4, 0.5) is 4.79 Å². The minimum absolute atomic E-state index is 0.0451. The summed E-state index contributed by atoms with van der Waals surface area (Å²) in [5.41, 5.74) is 0. The zero-order chi connectivity index (χ0) is 12.6. The number of hydrogen-bond acceptors (Lipinski definition) is 3. The van der Waals surface area contributed by atoms with Crippen LogP contribution < -0.4 is 16.0 Å². The molecule has 0 aliphatic carbocycles. The fourth-order valence-electron chi connectivity index (χ4n) is 0.995. The summed E-state index contributed by atoms with van der Waals surface area (Å²) in [6.07, 6.45) is 0. The van der Waals surface area contributed by atoms with E-state index >= 15 is 0 Å². The van der Waals surface area contributed by atoms with E-state index in [9.17, 15) is 9.59 Å². The van der Waals surface area contributed by atoms with Gasteiger partial charge in [-0.2, -0.15) is 0 Å². The van der Waals surface area contributed by atoms with E-state index in [2.05, 4.69) is 16.0 Å². The Morgan fingerprint density at radius 3 is 2.31 bits per heavy atom. The number of ether oxygens (including phenoxy) is 1. The van der Waals surface area contributed by atoms with Gasteiger partial charge in [0.25, 0.3) is 0 Å². The minimum atomic E-state index is -0.560. The number of hydrogen-bond donors (Lipinski definition) is 3. The Kier molecular flexibility index (Phi) is 7.28. The van der Waals surface area contributed by atoms with Gasteiger partial charge in [0.15, 0.2) is 0 Å². The lowest BCUT2D eigenvalue weighted by molar-refractivity contribution is -0.122. The fourth-order valence-corrected chi connectivity index (χ4v) is 0.995. The average Bonchev–Trinajstić information content (AvgIpc) is 2.16. The maximum atomic E-state index is 11.4. The first kappa shape index (κ1) is 14.7. The summed E-state index contributed by atoms with van der Waals surface area (Å²) in [6, 6.07) is -0.858. The zero-order valence-electron chi connectivity index (χ0n) is 10.3. The summed E-state index contributed by atoms with van der Waals surface area (Å²) in [4.78, 5) is 22.7. The van der Waals surface area contributed by atoms with Crippen LogP contribution in [0.3, 0.4) is 0 Å². The molecule has 0 aromatic rings. The number of methoxy groups -OCH3 is 1. The van der Waals surface area contributed by atoms with E-state index in [4.69, 9.17) is 4.74 Å². The summed E-state index contributed by atoms with van der Waals surface area (Å²) < 4.78 is 4.79. The van der Waals surface area contributed by atoms with Crippen molar-refractivity contribution in [2.75, 3.05) is 20.3 Å². The first-order valence-electron chi connectivity index (χ1n) is 5.31. The second kappa shape index (κ2) is 7.92. The van der Waals surface area contributed by atoms with Gasteiger partial charge in [-0.1, -0.05) is 0 Å². The molecule has 0 aromatic heterocycles. The van der Waals surface area contributed by atoms with Crippen LogP contribution in [0.2, 0.25) is 0 Å². The number of rotatable bonds is 6. The van der Waals surface area contributed by atoms with E-state index in [1.165, 1.54) is 0 Å². The van der Waals surface area contributed by atoms with Crippen molar-refractivity contribution >= 4 is 11.9 Å². The van der Waals surface area contributed by atoms with Gasteiger partial charge < -0.3 is 20.7 Å². The first-order chi connectivity index (χ1) is 7.47. The van der Waals surface area contributed by atoms with Crippen molar-refractivity contribution in [1.29, 1.82) is 0 Å². The second-order valence-electron chi connectivity index (χ2n) is 3.78.